The zero-order valence-corrected chi connectivity index (χ0v) is 14.6. The molecule has 1 aliphatic carbocycles. The molecule has 24 heavy (non-hydrogen) atoms. The molecule has 1 aromatic heterocycles. The van der Waals surface area contributed by atoms with Crippen LogP contribution in [0.3, 0.4) is 0 Å². The lowest BCUT2D eigenvalue weighted by atomic mass is 9.88. The first-order chi connectivity index (χ1) is 11.4. The van der Waals surface area contributed by atoms with Crippen LogP contribution in [-0.2, 0) is 12.8 Å². The Morgan fingerprint density at radius 1 is 1.42 bits per heavy atom. The Hall–Kier alpha value is -1.92. The van der Waals surface area contributed by atoms with E-state index in [0.717, 1.165) is 41.8 Å². The normalized spacial score (nSPS) is 16.5. The average molecular weight is 367 g/mol. The van der Waals surface area contributed by atoms with E-state index < -0.39 is 17.6 Å². The second-order valence-corrected chi connectivity index (χ2v) is 7.51. The first-order valence-corrected chi connectivity index (χ1v) is 8.77. The van der Waals surface area contributed by atoms with Crippen LogP contribution in [0.2, 0.25) is 5.02 Å². The van der Waals surface area contributed by atoms with Gasteiger partial charge < -0.3 is 11.1 Å². The van der Waals surface area contributed by atoms with E-state index in [1.165, 1.54) is 17.4 Å². The second kappa shape index (κ2) is 6.53. The lowest BCUT2D eigenvalue weighted by molar-refractivity contribution is 0.1000. The molecule has 0 radical (unpaired) electrons. The van der Waals surface area contributed by atoms with Gasteiger partial charge in [-0.05, 0) is 48.9 Å². The fourth-order valence-electron chi connectivity index (χ4n) is 2.94. The summed E-state index contributed by atoms with van der Waals surface area (Å²) >= 11 is 7.30. The molecule has 0 unspecified atom stereocenters. The van der Waals surface area contributed by atoms with Crippen molar-refractivity contribution in [1.29, 1.82) is 0 Å². The number of primary amides is 1. The fourth-order valence-corrected chi connectivity index (χ4v) is 4.61. The Balaban J connectivity index is 1.95. The predicted octanol–water partition coefficient (Wildman–Crippen LogP) is 4.02. The summed E-state index contributed by atoms with van der Waals surface area (Å²) in [6, 6.07) is 3.55. The van der Waals surface area contributed by atoms with E-state index in [-0.39, 0.29) is 10.6 Å². The molecule has 3 N–H and O–H groups in total. The molecule has 0 saturated heterocycles. The van der Waals surface area contributed by atoms with E-state index >= 15 is 0 Å². The SMILES string of the molecule is C[C@H]1CCc2c(sc(NC(=O)c3ccc(F)cc3Cl)c2C(N)=O)C1. The molecule has 1 heterocycles. The molecule has 7 heteroatoms. The highest BCUT2D eigenvalue weighted by Crippen LogP contribution is 2.39. The van der Waals surface area contributed by atoms with Gasteiger partial charge in [-0.2, -0.15) is 0 Å². The summed E-state index contributed by atoms with van der Waals surface area (Å²) in [5, 5.41) is 3.17. The monoisotopic (exact) mass is 366 g/mol. The lowest BCUT2D eigenvalue weighted by Gasteiger charge is -2.18. The van der Waals surface area contributed by atoms with E-state index in [1.807, 2.05) is 0 Å². The Kier molecular flexibility index (Phi) is 4.60. The number of nitrogens with one attached hydrogen (secondary N) is 1. The standard InChI is InChI=1S/C17H16ClFN2O2S/c1-8-2-4-11-13(6-8)24-17(14(11)15(20)22)21-16(23)10-5-3-9(19)7-12(10)18/h3,5,7-8H,2,4,6H2,1H3,(H2,20,22)(H,21,23)/t8-/m0/s1. The molecular formula is C17H16ClFN2O2S. The smallest absolute Gasteiger partial charge is 0.257 e. The number of carbonyl (C=O) groups excluding carboxylic acids is 2. The number of benzene rings is 1. The number of anilines is 1. The van der Waals surface area contributed by atoms with E-state index in [2.05, 4.69) is 12.2 Å². The summed E-state index contributed by atoms with van der Waals surface area (Å²) < 4.78 is 13.1. The highest BCUT2D eigenvalue weighted by molar-refractivity contribution is 7.17. The number of fused-ring (bicyclic) bond motifs is 1. The lowest BCUT2D eigenvalue weighted by Crippen LogP contribution is -2.19. The van der Waals surface area contributed by atoms with Gasteiger partial charge in [-0.15, -0.1) is 11.3 Å². The van der Waals surface area contributed by atoms with Gasteiger partial charge in [-0.1, -0.05) is 18.5 Å². The fraction of sp³-hybridized carbons (Fsp3) is 0.294. The highest BCUT2D eigenvalue weighted by Gasteiger charge is 2.27. The Bertz CT molecular complexity index is 834. The molecule has 0 bridgehead atoms. The summed E-state index contributed by atoms with van der Waals surface area (Å²) in [6.45, 7) is 2.16. The molecule has 1 aromatic carbocycles. The van der Waals surface area contributed by atoms with Crippen molar-refractivity contribution >= 4 is 39.8 Å². The van der Waals surface area contributed by atoms with Crippen molar-refractivity contribution in [1.82, 2.24) is 0 Å². The van der Waals surface area contributed by atoms with Crippen LogP contribution in [0, 0.1) is 11.7 Å². The van der Waals surface area contributed by atoms with Crippen molar-refractivity contribution in [2.45, 2.75) is 26.2 Å². The van der Waals surface area contributed by atoms with Crippen LogP contribution in [0.4, 0.5) is 9.39 Å². The van der Waals surface area contributed by atoms with Gasteiger partial charge in [0.2, 0.25) is 0 Å². The summed E-state index contributed by atoms with van der Waals surface area (Å²) in [5.41, 5.74) is 6.99. The maximum Gasteiger partial charge on any atom is 0.257 e. The molecule has 3 rings (SSSR count). The zero-order valence-electron chi connectivity index (χ0n) is 13.0. The third kappa shape index (κ3) is 3.16. The summed E-state index contributed by atoms with van der Waals surface area (Å²) in [7, 11) is 0. The summed E-state index contributed by atoms with van der Waals surface area (Å²) in [4.78, 5) is 25.4. The highest BCUT2D eigenvalue weighted by atomic mass is 35.5. The molecule has 4 nitrogen and oxygen atoms in total. The van der Waals surface area contributed by atoms with Crippen molar-refractivity contribution in [3.05, 3.63) is 50.6 Å². The number of carbonyl (C=O) groups is 2. The molecule has 0 saturated carbocycles. The van der Waals surface area contributed by atoms with Crippen LogP contribution in [0.1, 0.15) is 44.5 Å². The molecule has 0 fully saturated rings. The average Bonchev–Trinajstić information content (AvgIpc) is 2.83. The van der Waals surface area contributed by atoms with Crippen molar-refractivity contribution in [2.75, 3.05) is 5.32 Å². The van der Waals surface area contributed by atoms with Crippen molar-refractivity contribution < 1.29 is 14.0 Å². The molecule has 126 valence electrons. The van der Waals surface area contributed by atoms with Gasteiger partial charge in [0.05, 0.1) is 16.1 Å². The van der Waals surface area contributed by atoms with E-state index in [0.29, 0.717) is 16.5 Å². The first-order valence-electron chi connectivity index (χ1n) is 7.57. The van der Waals surface area contributed by atoms with Crippen LogP contribution in [0.15, 0.2) is 18.2 Å². The number of nitrogens with two attached hydrogens (primary N) is 1. The maximum atomic E-state index is 13.1. The zero-order chi connectivity index (χ0) is 17.4. The van der Waals surface area contributed by atoms with Crippen LogP contribution in [0.5, 0.6) is 0 Å². The number of hydrogen-bond acceptors (Lipinski definition) is 3. The molecule has 0 spiro atoms. The second-order valence-electron chi connectivity index (χ2n) is 6.00. The largest absolute Gasteiger partial charge is 0.365 e. The number of amides is 2. The molecule has 0 aliphatic heterocycles. The van der Waals surface area contributed by atoms with Gasteiger partial charge in [-0.25, -0.2) is 4.39 Å². The van der Waals surface area contributed by atoms with Gasteiger partial charge in [-0.3, -0.25) is 9.59 Å². The van der Waals surface area contributed by atoms with Gasteiger partial charge >= 0.3 is 0 Å². The summed E-state index contributed by atoms with van der Waals surface area (Å²) in [6.07, 6.45) is 2.63. The minimum atomic E-state index is -0.553. The third-order valence-corrected chi connectivity index (χ3v) is 5.64. The van der Waals surface area contributed by atoms with Crippen LogP contribution in [-0.4, -0.2) is 11.8 Å². The summed E-state index contributed by atoms with van der Waals surface area (Å²) in [5.74, 6) is -1.03. The van der Waals surface area contributed by atoms with Crippen LogP contribution in [0.25, 0.3) is 0 Å². The van der Waals surface area contributed by atoms with E-state index in [4.69, 9.17) is 17.3 Å². The third-order valence-electron chi connectivity index (χ3n) is 4.16. The minimum absolute atomic E-state index is 0.0167. The first kappa shape index (κ1) is 16.9. The van der Waals surface area contributed by atoms with Gasteiger partial charge in [0.1, 0.15) is 10.8 Å². The quantitative estimate of drug-likeness (QED) is 0.861. The number of halogens is 2. The molecule has 2 aromatic rings. The van der Waals surface area contributed by atoms with E-state index in [1.54, 1.807) is 0 Å². The number of rotatable bonds is 3. The number of thiophene rings is 1. The van der Waals surface area contributed by atoms with E-state index in [9.17, 15) is 14.0 Å². The Morgan fingerprint density at radius 2 is 2.17 bits per heavy atom. The van der Waals surface area contributed by atoms with Gasteiger partial charge in [0.15, 0.2) is 0 Å². The molecule has 1 aliphatic rings. The van der Waals surface area contributed by atoms with Crippen molar-refractivity contribution in [3.8, 4) is 0 Å². The van der Waals surface area contributed by atoms with Gasteiger partial charge in [0.25, 0.3) is 11.8 Å². The number of hydrogen-bond donors (Lipinski definition) is 2. The molecular weight excluding hydrogens is 351 g/mol. The van der Waals surface area contributed by atoms with Crippen LogP contribution >= 0.6 is 22.9 Å². The Labute approximate surface area is 147 Å². The predicted molar refractivity (Wildman–Crippen MR) is 93.4 cm³/mol. The van der Waals surface area contributed by atoms with Crippen molar-refractivity contribution in [2.24, 2.45) is 11.7 Å². The Morgan fingerprint density at radius 3 is 2.83 bits per heavy atom. The minimum Gasteiger partial charge on any atom is -0.365 e. The van der Waals surface area contributed by atoms with Crippen molar-refractivity contribution in [3.63, 3.8) is 0 Å². The maximum absolute atomic E-state index is 13.1. The van der Waals surface area contributed by atoms with Crippen LogP contribution < -0.4 is 11.1 Å². The van der Waals surface area contributed by atoms with Gasteiger partial charge in [0, 0.05) is 4.88 Å². The molecule has 2 amide bonds. The topological polar surface area (TPSA) is 72.2 Å². The molecule has 1 atom stereocenters.